The van der Waals surface area contributed by atoms with Gasteiger partial charge >= 0.3 is 0 Å². The summed E-state index contributed by atoms with van der Waals surface area (Å²) in [5, 5.41) is 4.13. The lowest BCUT2D eigenvalue weighted by atomic mass is 10.1. The molecule has 0 fully saturated rings. The predicted molar refractivity (Wildman–Crippen MR) is 132 cm³/mol. The lowest BCUT2D eigenvalue weighted by Gasteiger charge is -2.15. The van der Waals surface area contributed by atoms with Gasteiger partial charge < -0.3 is 5.32 Å². The lowest BCUT2D eigenvalue weighted by Crippen LogP contribution is -2.25. The van der Waals surface area contributed by atoms with Gasteiger partial charge in [0.2, 0.25) is 5.91 Å². The van der Waals surface area contributed by atoms with Crippen LogP contribution in [0.25, 0.3) is 10.9 Å². The zero-order valence-electron chi connectivity index (χ0n) is 18.4. The summed E-state index contributed by atoms with van der Waals surface area (Å²) in [6, 6.07) is 21.2. The summed E-state index contributed by atoms with van der Waals surface area (Å²) in [4.78, 5) is 30.7. The topological polar surface area (TPSA) is 64.0 Å². The van der Waals surface area contributed by atoms with Crippen molar-refractivity contribution in [3.8, 4) is 0 Å². The minimum Gasteiger partial charge on any atom is -0.325 e. The molecule has 0 unspecified atom stereocenters. The Bertz CT molecular complexity index is 1320. The van der Waals surface area contributed by atoms with Gasteiger partial charge in [0.25, 0.3) is 5.56 Å². The lowest BCUT2D eigenvalue weighted by molar-refractivity contribution is -0.113. The SMILES string of the molecule is Cc1cc(C)c(NC(=O)CSc2nc3ccccc3c(=O)n2Cc2ccccc2)c(C)c1. The summed E-state index contributed by atoms with van der Waals surface area (Å²) < 4.78 is 1.65. The molecular weight excluding hydrogens is 418 g/mol. The smallest absolute Gasteiger partial charge is 0.262 e. The van der Waals surface area contributed by atoms with Gasteiger partial charge in [-0.1, -0.05) is 71.9 Å². The summed E-state index contributed by atoms with van der Waals surface area (Å²) in [5.41, 5.74) is 5.61. The number of nitrogens with one attached hydrogen (secondary N) is 1. The second-order valence-electron chi connectivity index (χ2n) is 7.90. The first kappa shape index (κ1) is 21.8. The summed E-state index contributed by atoms with van der Waals surface area (Å²) in [5.74, 6) is 0.0329. The minimum atomic E-state index is -0.126. The van der Waals surface area contributed by atoms with Crippen LogP contribution in [0.4, 0.5) is 5.69 Å². The second kappa shape index (κ2) is 9.40. The summed E-state index contributed by atoms with van der Waals surface area (Å²) in [6.07, 6.45) is 0. The molecule has 0 atom stereocenters. The average molecular weight is 444 g/mol. The van der Waals surface area contributed by atoms with E-state index < -0.39 is 0 Å². The maximum Gasteiger partial charge on any atom is 0.262 e. The summed E-state index contributed by atoms with van der Waals surface area (Å²) in [7, 11) is 0. The molecule has 1 heterocycles. The van der Waals surface area contributed by atoms with E-state index in [9.17, 15) is 9.59 Å². The maximum absolute atomic E-state index is 13.2. The molecule has 0 bridgehead atoms. The quantitative estimate of drug-likeness (QED) is 0.333. The molecule has 4 aromatic rings. The first-order valence-corrected chi connectivity index (χ1v) is 11.4. The number of fused-ring (bicyclic) bond motifs is 1. The number of hydrogen-bond acceptors (Lipinski definition) is 4. The molecule has 0 saturated carbocycles. The standard InChI is InChI=1S/C26H25N3O2S/c1-17-13-18(2)24(19(3)14-17)28-23(30)16-32-26-27-22-12-8-7-11-21(22)25(31)29(26)15-20-9-5-4-6-10-20/h4-14H,15-16H2,1-3H3,(H,28,30). The zero-order valence-corrected chi connectivity index (χ0v) is 19.2. The molecular formula is C26H25N3O2S. The van der Waals surface area contributed by atoms with Gasteiger partial charge in [0, 0.05) is 5.69 Å². The third-order valence-electron chi connectivity index (χ3n) is 5.28. The number of para-hydroxylation sites is 1. The highest BCUT2D eigenvalue weighted by Gasteiger charge is 2.15. The largest absolute Gasteiger partial charge is 0.325 e. The van der Waals surface area contributed by atoms with Crippen LogP contribution in [0, 0.1) is 20.8 Å². The van der Waals surface area contributed by atoms with Crippen molar-refractivity contribution >= 4 is 34.3 Å². The van der Waals surface area contributed by atoms with E-state index in [0.717, 1.165) is 27.9 Å². The number of amides is 1. The Morgan fingerprint density at radius 1 is 0.969 bits per heavy atom. The third kappa shape index (κ3) is 4.75. The highest BCUT2D eigenvalue weighted by atomic mass is 32.2. The predicted octanol–water partition coefficient (Wildman–Crippen LogP) is 5.10. The van der Waals surface area contributed by atoms with Gasteiger partial charge in [0.05, 0.1) is 23.2 Å². The normalized spacial score (nSPS) is 11.0. The van der Waals surface area contributed by atoms with Crippen LogP contribution in [-0.4, -0.2) is 21.2 Å². The van der Waals surface area contributed by atoms with E-state index in [2.05, 4.69) is 17.4 Å². The summed E-state index contributed by atoms with van der Waals surface area (Å²) in [6.45, 7) is 6.42. The number of hydrogen-bond donors (Lipinski definition) is 1. The highest BCUT2D eigenvalue weighted by molar-refractivity contribution is 7.99. The first-order chi connectivity index (χ1) is 15.4. The van der Waals surface area contributed by atoms with Crippen molar-refractivity contribution in [2.75, 3.05) is 11.1 Å². The van der Waals surface area contributed by atoms with Crippen LogP contribution < -0.4 is 10.9 Å². The van der Waals surface area contributed by atoms with Crippen molar-refractivity contribution in [3.05, 3.63) is 99.3 Å². The van der Waals surface area contributed by atoms with E-state index in [1.54, 1.807) is 10.6 Å². The molecule has 0 aliphatic rings. The first-order valence-electron chi connectivity index (χ1n) is 10.5. The zero-order chi connectivity index (χ0) is 22.7. The highest BCUT2D eigenvalue weighted by Crippen LogP contribution is 2.23. The number of thioether (sulfide) groups is 1. The second-order valence-corrected chi connectivity index (χ2v) is 8.84. The van der Waals surface area contributed by atoms with Gasteiger partial charge in [-0.05, 0) is 49.6 Å². The van der Waals surface area contributed by atoms with Gasteiger partial charge in [0.15, 0.2) is 5.16 Å². The molecule has 6 heteroatoms. The van der Waals surface area contributed by atoms with Crippen LogP contribution >= 0.6 is 11.8 Å². The molecule has 4 rings (SSSR count). The van der Waals surface area contributed by atoms with Gasteiger partial charge in [-0.3, -0.25) is 14.2 Å². The Balaban J connectivity index is 1.61. The Morgan fingerprint density at radius 2 is 1.62 bits per heavy atom. The molecule has 0 spiro atoms. The van der Waals surface area contributed by atoms with E-state index in [4.69, 9.17) is 4.98 Å². The maximum atomic E-state index is 13.2. The molecule has 162 valence electrons. The Hall–Kier alpha value is -3.38. The molecule has 5 nitrogen and oxygen atoms in total. The molecule has 0 saturated heterocycles. The molecule has 0 aliphatic carbocycles. The molecule has 1 N–H and O–H groups in total. The molecule has 3 aromatic carbocycles. The van der Waals surface area contributed by atoms with E-state index in [-0.39, 0.29) is 17.2 Å². The van der Waals surface area contributed by atoms with Gasteiger partial charge in [0.1, 0.15) is 0 Å². The van der Waals surface area contributed by atoms with Crippen LogP contribution in [-0.2, 0) is 11.3 Å². The number of carbonyl (C=O) groups is 1. The van der Waals surface area contributed by atoms with Crippen LogP contribution in [0.3, 0.4) is 0 Å². The fourth-order valence-corrected chi connectivity index (χ4v) is 4.64. The van der Waals surface area contributed by atoms with Gasteiger partial charge in [-0.25, -0.2) is 4.98 Å². The van der Waals surface area contributed by atoms with E-state index in [1.807, 2.05) is 69.3 Å². The van der Waals surface area contributed by atoms with E-state index in [0.29, 0.717) is 22.6 Å². The van der Waals surface area contributed by atoms with E-state index in [1.165, 1.54) is 11.8 Å². The van der Waals surface area contributed by atoms with Crippen LogP contribution in [0.5, 0.6) is 0 Å². The van der Waals surface area contributed by atoms with Crippen molar-refractivity contribution in [2.45, 2.75) is 32.5 Å². The third-order valence-corrected chi connectivity index (χ3v) is 6.26. The number of anilines is 1. The van der Waals surface area contributed by atoms with Crippen molar-refractivity contribution in [3.63, 3.8) is 0 Å². The van der Waals surface area contributed by atoms with Gasteiger partial charge in [-0.15, -0.1) is 0 Å². The number of carbonyl (C=O) groups excluding carboxylic acids is 1. The average Bonchev–Trinajstić information content (AvgIpc) is 2.77. The van der Waals surface area contributed by atoms with Crippen molar-refractivity contribution in [2.24, 2.45) is 0 Å². The Labute approximate surface area is 191 Å². The summed E-state index contributed by atoms with van der Waals surface area (Å²) >= 11 is 1.28. The van der Waals surface area contributed by atoms with Gasteiger partial charge in [-0.2, -0.15) is 0 Å². The number of aromatic nitrogens is 2. The minimum absolute atomic E-state index is 0.104. The van der Waals surface area contributed by atoms with Crippen molar-refractivity contribution < 1.29 is 4.79 Å². The van der Waals surface area contributed by atoms with Crippen molar-refractivity contribution in [1.82, 2.24) is 9.55 Å². The molecule has 1 aromatic heterocycles. The van der Waals surface area contributed by atoms with E-state index >= 15 is 0 Å². The molecule has 0 aliphatic heterocycles. The number of benzene rings is 3. The fraction of sp³-hybridized carbons (Fsp3) is 0.192. The molecule has 1 amide bonds. The number of nitrogens with zero attached hydrogens (tertiary/aromatic N) is 2. The monoisotopic (exact) mass is 443 g/mol. The van der Waals surface area contributed by atoms with Crippen LogP contribution in [0.2, 0.25) is 0 Å². The number of aryl methyl sites for hydroxylation is 3. The number of rotatable bonds is 6. The van der Waals surface area contributed by atoms with Crippen LogP contribution in [0.15, 0.2) is 76.7 Å². The molecule has 32 heavy (non-hydrogen) atoms. The van der Waals surface area contributed by atoms with Crippen LogP contribution in [0.1, 0.15) is 22.3 Å². The van der Waals surface area contributed by atoms with Crippen molar-refractivity contribution in [1.29, 1.82) is 0 Å². The Kier molecular flexibility index (Phi) is 6.42. The fourth-order valence-electron chi connectivity index (χ4n) is 3.85. The Morgan fingerprint density at radius 3 is 2.34 bits per heavy atom. The molecule has 0 radical (unpaired) electrons.